The van der Waals surface area contributed by atoms with Crippen LogP contribution >= 0.6 is 0 Å². The van der Waals surface area contributed by atoms with E-state index in [1.165, 1.54) is 6.07 Å². The van der Waals surface area contributed by atoms with E-state index in [0.29, 0.717) is 5.56 Å². The van der Waals surface area contributed by atoms with Gasteiger partial charge in [-0.05, 0) is 12.1 Å². The van der Waals surface area contributed by atoms with Crippen LogP contribution in [0.3, 0.4) is 0 Å². The maximum absolute atomic E-state index is 12.1. The highest BCUT2D eigenvalue weighted by atomic mass is 19.4. The molecule has 1 nitrogen and oxygen atoms in total. The Bertz CT molecular complexity index is 379. The van der Waals surface area contributed by atoms with Gasteiger partial charge in [0.05, 0.1) is 0 Å². The summed E-state index contributed by atoms with van der Waals surface area (Å²) in [5, 5.41) is 0. The van der Waals surface area contributed by atoms with Crippen LogP contribution < -0.4 is 0 Å². The maximum atomic E-state index is 12.1. The fraction of sp³-hybridized carbons (Fsp3) is 0.364. The number of hydrogen-bond acceptors (Lipinski definition) is 1. The average molecular weight is 213 g/mol. The van der Waals surface area contributed by atoms with E-state index >= 15 is 0 Å². The lowest BCUT2D eigenvalue weighted by atomic mass is 10.2. The summed E-state index contributed by atoms with van der Waals surface area (Å²) in [4.78, 5) is 3.30. The van der Waals surface area contributed by atoms with E-state index in [-0.39, 0.29) is 5.92 Å². The summed E-state index contributed by atoms with van der Waals surface area (Å²) in [5.41, 5.74) is -0.394. The molecule has 0 aromatic carbocycles. The van der Waals surface area contributed by atoms with Gasteiger partial charge < -0.3 is 0 Å². The summed E-state index contributed by atoms with van der Waals surface area (Å²) < 4.78 is 36.4. The molecule has 1 aromatic rings. The van der Waals surface area contributed by atoms with Crippen LogP contribution in [0.15, 0.2) is 18.3 Å². The lowest BCUT2D eigenvalue weighted by molar-refractivity contribution is -0.141. The molecular formula is C11H10F3N. The predicted octanol–water partition coefficient (Wildman–Crippen LogP) is 3.11. The highest BCUT2D eigenvalue weighted by Crippen LogP contribution is 2.26. The third kappa shape index (κ3) is 3.62. The van der Waals surface area contributed by atoms with Crippen LogP contribution in [0.25, 0.3) is 0 Å². The Morgan fingerprint density at radius 2 is 1.93 bits per heavy atom. The normalized spacial score (nSPS) is 11.1. The zero-order chi connectivity index (χ0) is 11.5. The van der Waals surface area contributed by atoms with Gasteiger partial charge in [0.2, 0.25) is 0 Å². The van der Waals surface area contributed by atoms with Crippen LogP contribution in [0.4, 0.5) is 13.2 Å². The lowest BCUT2D eigenvalue weighted by Gasteiger charge is -2.04. The molecule has 0 bridgehead atoms. The summed E-state index contributed by atoms with van der Waals surface area (Å²) in [6.45, 7) is 3.81. The van der Waals surface area contributed by atoms with E-state index in [2.05, 4.69) is 16.8 Å². The number of rotatable bonds is 0. The van der Waals surface area contributed by atoms with Crippen LogP contribution in [-0.4, -0.2) is 4.98 Å². The summed E-state index contributed by atoms with van der Waals surface area (Å²) in [6, 6.07) is 2.26. The van der Waals surface area contributed by atoms with Crippen molar-refractivity contribution in [2.24, 2.45) is 5.92 Å². The standard InChI is InChI=1S/C11H10F3N/c1-8(2)3-4-9-5-6-10(15-7-9)11(12,13)14/h5-8H,1-2H3. The quantitative estimate of drug-likeness (QED) is 0.603. The third-order valence-corrected chi connectivity index (χ3v) is 1.56. The van der Waals surface area contributed by atoms with Gasteiger partial charge in [0.1, 0.15) is 5.69 Å². The second-order valence-corrected chi connectivity index (χ2v) is 3.35. The Hall–Kier alpha value is -1.50. The minimum Gasteiger partial charge on any atom is -0.250 e. The maximum Gasteiger partial charge on any atom is 0.433 e. The van der Waals surface area contributed by atoms with Gasteiger partial charge in [0.15, 0.2) is 0 Å². The Morgan fingerprint density at radius 1 is 1.27 bits per heavy atom. The Labute approximate surface area is 86.3 Å². The first-order valence-electron chi connectivity index (χ1n) is 4.44. The van der Waals surface area contributed by atoms with Crippen LogP contribution in [0, 0.1) is 17.8 Å². The SMILES string of the molecule is CC(C)C#Cc1ccc(C(F)(F)F)nc1. The van der Waals surface area contributed by atoms with Crippen molar-refractivity contribution in [2.75, 3.05) is 0 Å². The summed E-state index contributed by atoms with van der Waals surface area (Å²) >= 11 is 0. The van der Waals surface area contributed by atoms with Gasteiger partial charge in [0.25, 0.3) is 0 Å². The zero-order valence-corrected chi connectivity index (χ0v) is 8.39. The molecule has 0 unspecified atom stereocenters. The topological polar surface area (TPSA) is 12.9 Å². The van der Waals surface area contributed by atoms with Gasteiger partial charge in [-0.2, -0.15) is 13.2 Å². The monoisotopic (exact) mass is 213 g/mol. The number of nitrogens with zero attached hydrogens (tertiary/aromatic N) is 1. The summed E-state index contributed by atoms with van der Waals surface area (Å²) in [5.74, 6) is 5.78. The molecule has 0 saturated heterocycles. The van der Waals surface area contributed by atoms with Crippen molar-refractivity contribution in [3.63, 3.8) is 0 Å². The van der Waals surface area contributed by atoms with Crippen LogP contribution in [0.2, 0.25) is 0 Å². The molecule has 4 heteroatoms. The van der Waals surface area contributed by atoms with Crippen molar-refractivity contribution in [3.8, 4) is 11.8 Å². The predicted molar refractivity (Wildman–Crippen MR) is 51.0 cm³/mol. The van der Waals surface area contributed by atoms with E-state index in [4.69, 9.17) is 0 Å². The van der Waals surface area contributed by atoms with Crippen molar-refractivity contribution in [3.05, 3.63) is 29.6 Å². The van der Waals surface area contributed by atoms with Crippen LogP contribution in [0.1, 0.15) is 25.1 Å². The molecule has 1 aromatic heterocycles. The van der Waals surface area contributed by atoms with Gasteiger partial charge in [-0.25, -0.2) is 0 Å². The van der Waals surface area contributed by atoms with Crippen molar-refractivity contribution in [1.29, 1.82) is 0 Å². The Kier molecular flexibility index (Phi) is 3.35. The van der Waals surface area contributed by atoms with Gasteiger partial charge in [-0.3, -0.25) is 4.98 Å². The molecule has 0 aliphatic rings. The Morgan fingerprint density at radius 3 is 2.33 bits per heavy atom. The molecule has 1 rings (SSSR count). The number of hydrogen-bond donors (Lipinski definition) is 0. The molecule has 0 fully saturated rings. The summed E-state index contributed by atoms with van der Waals surface area (Å²) in [6.07, 6.45) is -3.25. The Balaban J connectivity index is 2.88. The van der Waals surface area contributed by atoms with Gasteiger partial charge in [0, 0.05) is 17.7 Å². The first-order chi connectivity index (χ1) is 6.89. The average Bonchev–Trinajstić information content (AvgIpc) is 2.14. The van der Waals surface area contributed by atoms with Gasteiger partial charge in [-0.15, -0.1) is 0 Å². The second-order valence-electron chi connectivity index (χ2n) is 3.35. The highest BCUT2D eigenvalue weighted by Gasteiger charge is 2.31. The fourth-order valence-corrected chi connectivity index (χ4v) is 0.863. The molecule has 0 aliphatic heterocycles. The van der Waals surface area contributed by atoms with E-state index in [1.54, 1.807) is 0 Å². The van der Waals surface area contributed by atoms with Crippen LogP contribution in [0.5, 0.6) is 0 Å². The minimum absolute atomic E-state index is 0.187. The fourth-order valence-electron chi connectivity index (χ4n) is 0.863. The molecule has 80 valence electrons. The smallest absolute Gasteiger partial charge is 0.250 e. The van der Waals surface area contributed by atoms with E-state index in [1.807, 2.05) is 13.8 Å². The molecule has 0 amide bonds. The molecule has 0 spiro atoms. The largest absolute Gasteiger partial charge is 0.433 e. The van der Waals surface area contributed by atoms with Gasteiger partial charge in [-0.1, -0.05) is 25.7 Å². The van der Waals surface area contributed by atoms with Crippen molar-refractivity contribution in [1.82, 2.24) is 4.98 Å². The van der Waals surface area contributed by atoms with Crippen molar-refractivity contribution >= 4 is 0 Å². The van der Waals surface area contributed by atoms with Crippen molar-refractivity contribution < 1.29 is 13.2 Å². The molecule has 0 N–H and O–H groups in total. The molecule has 1 heterocycles. The van der Waals surface area contributed by atoms with E-state index < -0.39 is 11.9 Å². The van der Waals surface area contributed by atoms with E-state index in [9.17, 15) is 13.2 Å². The number of aromatic nitrogens is 1. The number of halogens is 3. The second kappa shape index (κ2) is 4.35. The van der Waals surface area contributed by atoms with Crippen LogP contribution in [-0.2, 0) is 6.18 Å². The minimum atomic E-state index is -4.38. The van der Waals surface area contributed by atoms with Crippen molar-refractivity contribution in [2.45, 2.75) is 20.0 Å². The first kappa shape index (κ1) is 11.6. The lowest BCUT2D eigenvalue weighted by Crippen LogP contribution is -2.07. The molecule has 0 radical (unpaired) electrons. The molecule has 0 atom stereocenters. The third-order valence-electron chi connectivity index (χ3n) is 1.56. The number of alkyl halides is 3. The zero-order valence-electron chi connectivity index (χ0n) is 8.39. The molecule has 0 aliphatic carbocycles. The molecular weight excluding hydrogens is 203 g/mol. The highest BCUT2D eigenvalue weighted by molar-refractivity contribution is 5.33. The molecule has 15 heavy (non-hydrogen) atoms. The number of pyridine rings is 1. The summed E-state index contributed by atoms with van der Waals surface area (Å²) in [7, 11) is 0. The first-order valence-corrected chi connectivity index (χ1v) is 4.44. The van der Waals surface area contributed by atoms with Gasteiger partial charge >= 0.3 is 6.18 Å². The van der Waals surface area contributed by atoms with E-state index in [0.717, 1.165) is 12.3 Å². The molecule has 0 saturated carbocycles.